The van der Waals surface area contributed by atoms with Crippen molar-refractivity contribution in [2.24, 2.45) is 0 Å². The number of amides is 2. The van der Waals surface area contributed by atoms with Crippen LogP contribution in [0, 0.1) is 12.7 Å². The molecule has 2 amide bonds. The molecule has 6 heteroatoms. The highest BCUT2D eigenvalue weighted by atomic mass is 32.1. The van der Waals surface area contributed by atoms with Crippen molar-refractivity contribution < 1.29 is 14.0 Å². The van der Waals surface area contributed by atoms with E-state index in [1.54, 1.807) is 27.2 Å². The monoisotopic (exact) mass is 452 g/mol. The van der Waals surface area contributed by atoms with E-state index in [0.29, 0.717) is 19.5 Å². The van der Waals surface area contributed by atoms with Crippen LogP contribution in [0.2, 0.25) is 0 Å². The molecule has 0 N–H and O–H groups in total. The van der Waals surface area contributed by atoms with Crippen LogP contribution >= 0.6 is 11.3 Å². The summed E-state index contributed by atoms with van der Waals surface area (Å²) in [5.41, 5.74) is 2.43. The molecule has 0 radical (unpaired) electrons. The first kappa shape index (κ1) is 23.7. The van der Waals surface area contributed by atoms with E-state index < -0.39 is 5.82 Å². The summed E-state index contributed by atoms with van der Waals surface area (Å²) in [6.07, 6.45) is 0.692. The summed E-state index contributed by atoms with van der Waals surface area (Å²) in [6, 6.07) is 17.4. The summed E-state index contributed by atoms with van der Waals surface area (Å²) in [6.45, 7) is 6.81. The second-order valence-corrected chi connectivity index (χ2v) is 8.96. The number of benzene rings is 2. The summed E-state index contributed by atoms with van der Waals surface area (Å²) >= 11 is 1.62. The maximum Gasteiger partial charge on any atom is 0.254 e. The molecule has 0 fully saturated rings. The quantitative estimate of drug-likeness (QED) is 0.420. The van der Waals surface area contributed by atoms with Gasteiger partial charge in [0.15, 0.2) is 0 Å². The Morgan fingerprint density at radius 1 is 1.03 bits per heavy atom. The number of rotatable bonds is 9. The number of hydrogen-bond acceptors (Lipinski definition) is 3. The second kappa shape index (κ2) is 11.0. The molecule has 32 heavy (non-hydrogen) atoms. The van der Waals surface area contributed by atoms with Gasteiger partial charge in [-0.3, -0.25) is 9.59 Å². The van der Waals surface area contributed by atoms with E-state index in [1.807, 2.05) is 62.5 Å². The third-order valence-corrected chi connectivity index (χ3v) is 6.64. The summed E-state index contributed by atoms with van der Waals surface area (Å²) < 4.78 is 13.7. The van der Waals surface area contributed by atoms with E-state index in [4.69, 9.17) is 0 Å². The molecule has 1 aromatic heterocycles. The minimum Gasteiger partial charge on any atom is -0.332 e. The lowest BCUT2D eigenvalue weighted by Crippen LogP contribution is -2.46. The van der Waals surface area contributed by atoms with Crippen molar-refractivity contribution in [3.8, 4) is 0 Å². The Hall–Kier alpha value is -2.99. The van der Waals surface area contributed by atoms with E-state index in [1.165, 1.54) is 18.2 Å². The average Bonchev–Trinajstić information content (AvgIpc) is 3.20. The van der Waals surface area contributed by atoms with Crippen molar-refractivity contribution >= 4 is 23.2 Å². The van der Waals surface area contributed by atoms with Gasteiger partial charge in [-0.15, -0.1) is 11.3 Å². The largest absolute Gasteiger partial charge is 0.332 e. The fourth-order valence-electron chi connectivity index (χ4n) is 3.46. The summed E-state index contributed by atoms with van der Waals surface area (Å²) in [7, 11) is 0. The molecule has 4 nitrogen and oxygen atoms in total. The highest BCUT2D eigenvalue weighted by Crippen LogP contribution is 2.20. The van der Waals surface area contributed by atoms with Crippen LogP contribution in [0.5, 0.6) is 0 Å². The zero-order chi connectivity index (χ0) is 23.1. The molecule has 0 spiro atoms. The Morgan fingerprint density at radius 3 is 2.41 bits per heavy atom. The van der Waals surface area contributed by atoms with E-state index in [0.717, 1.165) is 16.0 Å². The minimum absolute atomic E-state index is 0.0540. The van der Waals surface area contributed by atoms with Crippen LogP contribution in [0.15, 0.2) is 66.0 Å². The number of thiophene rings is 1. The number of halogens is 1. The van der Waals surface area contributed by atoms with Crippen LogP contribution in [0.3, 0.4) is 0 Å². The molecule has 1 atom stereocenters. The molecule has 0 saturated heterocycles. The van der Waals surface area contributed by atoms with E-state index >= 15 is 0 Å². The maximum atomic E-state index is 13.7. The van der Waals surface area contributed by atoms with Gasteiger partial charge in [0.1, 0.15) is 12.4 Å². The predicted molar refractivity (Wildman–Crippen MR) is 127 cm³/mol. The van der Waals surface area contributed by atoms with Crippen molar-refractivity contribution in [1.82, 2.24) is 9.80 Å². The first-order valence-electron chi connectivity index (χ1n) is 10.8. The molecule has 0 saturated carbocycles. The summed E-state index contributed by atoms with van der Waals surface area (Å²) in [4.78, 5) is 31.1. The highest BCUT2D eigenvalue weighted by Gasteiger charge is 2.26. The van der Waals surface area contributed by atoms with Gasteiger partial charge in [0.2, 0.25) is 5.91 Å². The highest BCUT2D eigenvalue weighted by molar-refractivity contribution is 7.10. The normalized spacial score (nSPS) is 11.8. The SMILES string of the molecule is CCC(C)N(CC(=O)N(Cc1ccccc1)Cc1sccc1C)C(=O)c1cccc(F)c1. The first-order valence-corrected chi connectivity index (χ1v) is 11.7. The van der Waals surface area contributed by atoms with Crippen LogP contribution in [-0.2, 0) is 17.9 Å². The van der Waals surface area contributed by atoms with Crippen LogP contribution < -0.4 is 0 Å². The molecule has 2 aromatic carbocycles. The molecule has 1 unspecified atom stereocenters. The Kier molecular flexibility index (Phi) is 8.17. The standard InChI is InChI=1S/C26H29FN2O2S/c1-4-20(3)29(26(31)22-11-8-12-23(27)15-22)18-25(30)28(16-21-9-6-5-7-10-21)17-24-19(2)13-14-32-24/h5-15,20H,4,16-18H2,1-3H3. The van der Waals surface area contributed by atoms with Gasteiger partial charge in [0.25, 0.3) is 5.91 Å². The third-order valence-electron chi connectivity index (χ3n) is 5.63. The van der Waals surface area contributed by atoms with Gasteiger partial charge in [-0.05, 0) is 61.0 Å². The van der Waals surface area contributed by atoms with Crippen LogP contribution in [-0.4, -0.2) is 34.2 Å². The molecular formula is C26H29FN2O2S. The number of hydrogen-bond donors (Lipinski definition) is 0. The van der Waals surface area contributed by atoms with Crippen LogP contribution in [0.25, 0.3) is 0 Å². The van der Waals surface area contributed by atoms with Crippen LogP contribution in [0.1, 0.15) is 46.6 Å². The first-order chi connectivity index (χ1) is 15.4. The smallest absolute Gasteiger partial charge is 0.254 e. The lowest BCUT2D eigenvalue weighted by molar-refractivity contribution is -0.133. The zero-order valence-corrected chi connectivity index (χ0v) is 19.6. The molecule has 0 bridgehead atoms. The second-order valence-electron chi connectivity index (χ2n) is 7.96. The Labute approximate surface area is 193 Å². The minimum atomic E-state index is -0.467. The summed E-state index contributed by atoms with van der Waals surface area (Å²) in [5, 5.41) is 2.02. The average molecular weight is 453 g/mol. The molecule has 3 rings (SSSR count). The lowest BCUT2D eigenvalue weighted by Gasteiger charge is -2.31. The van der Waals surface area contributed by atoms with Gasteiger partial charge in [-0.25, -0.2) is 4.39 Å². The Balaban J connectivity index is 1.85. The predicted octanol–water partition coefficient (Wildman–Crippen LogP) is 5.67. The fraction of sp³-hybridized carbons (Fsp3) is 0.308. The zero-order valence-electron chi connectivity index (χ0n) is 18.8. The third kappa shape index (κ3) is 6.04. The Morgan fingerprint density at radius 2 is 1.78 bits per heavy atom. The van der Waals surface area contributed by atoms with Gasteiger partial charge in [0, 0.05) is 23.0 Å². The van der Waals surface area contributed by atoms with Gasteiger partial charge >= 0.3 is 0 Å². The summed E-state index contributed by atoms with van der Waals surface area (Å²) in [5.74, 6) is -0.934. The van der Waals surface area contributed by atoms with Crippen molar-refractivity contribution in [2.45, 2.75) is 46.3 Å². The number of aryl methyl sites for hydroxylation is 1. The molecule has 168 valence electrons. The lowest BCUT2D eigenvalue weighted by atomic mass is 10.1. The van der Waals surface area contributed by atoms with Crippen molar-refractivity contribution in [3.63, 3.8) is 0 Å². The molecule has 0 aliphatic heterocycles. The van der Waals surface area contributed by atoms with Crippen molar-refractivity contribution in [3.05, 3.63) is 93.4 Å². The fourth-order valence-corrected chi connectivity index (χ4v) is 4.38. The van der Waals surface area contributed by atoms with Crippen molar-refractivity contribution in [2.75, 3.05) is 6.54 Å². The molecule has 3 aromatic rings. The van der Waals surface area contributed by atoms with Gasteiger partial charge in [-0.1, -0.05) is 43.3 Å². The van der Waals surface area contributed by atoms with Gasteiger partial charge in [-0.2, -0.15) is 0 Å². The molecule has 0 aliphatic rings. The van der Waals surface area contributed by atoms with E-state index in [9.17, 15) is 14.0 Å². The van der Waals surface area contributed by atoms with Gasteiger partial charge in [0.05, 0.1) is 6.54 Å². The molecule has 1 heterocycles. The number of carbonyl (C=O) groups is 2. The topological polar surface area (TPSA) is 40.6 Å². The molecular weight excluding hydrogens is 423 g/mol. The number of nitrogens with zero attached hydrogens (tertiary/aromatic N) is 2. The van der Waals surface area contributed by atoms with Crippen molar-refractivity contribution in [1.29, 1.82) is 0 Å². The van der Waals surface area contributed by atoms with E-state index in [-0.39, 0.29) is 30.0 Å². The van der Waals surface area contributed by atoms with Crippen LogP contribution in [0.4, 0.5) is 4.39 Å². The van der Waals surface area contributed by atoms with E-state index in [2.05, 4.69) is 0 Å². The van der Waals surface area contributed by atoms with Gasteiger partial charge < -0.3 is 9.80 Å². The maximum absolute atomic E-state index is 13.7. The Bertz CT molecular complexity index is 1050. The number of carbonyl (C=O) groups excluding carboxylic acids is 2. The molecule has 0 aliphatic carbocycles.